The van der Waals surface area contributed by atoms with Crippen molar-refractivity contribution >= 4 is 29.4 Å². The maximum Gasteiger partial charge on any atom is 0.257 e. The second kappa shape index (κ2) is 7.07. The zero-order chi connectivity index (χ0) is 15.8. The lowest BCUT2D eigenvalue weighted by Crippen LogP contribution is -2.45. The van der Waals surface area contributed by atoms with E-state index in [1.807, 2.05) is 17.9 Å². The van der Waals surface area contributed by atoms with E-state index in [1.165, 1.54) is 12.8 Å². The fourth-order valence-electron chi connectivity index (χ4n) is 3.19. The van der Waals surface area contributed by atoms with Gasteiger partial charge in [0, 0.05) is 25.3 Å². The van der Waals surface area contributed by atoms with Crippen molar-refractivity contribution in [1.82, 2.24) is 20.4 Å². The maximum absolute atomic E-state index is 12.7. The number of pyridine rings is 1. The SMILES string of the molecule is Cc1noc2ncc(C(=O)N3CCC(NCC4CC4)CC3)cc12.Cl. The predicted octanol–water partition coefficient (Wildman–Crippen LogP) is 2.56. The van der Waals surface area contributed by atoms with E-state index in [-0.39, 0.29) is 18.3 Å². The summed E-state index contributed by atoms with van der Waals surface area (Å²) in [7, 11) is 0. The van der Waals surface area contributed by atoms with Crippen LogP contribution in [0.1, 0.15) is 41.7 Å². The first-order chi connectivity index (χ1) is 11.2. The molecule has 1 saturated heterocycles. The third-order valence-corrected chi connectivity index (χ3v) is 4.93. The van der Waals surface area contributed by atoms with Crippen molar-refractivity contribution in [2.75, 3.05) is 19.6 Å². The lowest BCUT2D eigenvalue weighted by atomic mass is 10.0. The molecule has 1 amide bonds. The predicted molar refractivity (Wildman–Crippen MR) is 93.4 cm³/mol. The molecular weight excluding hydrogens is 328 g/mol. The maximum atomic E-state index is 12.7. The number of likely N-dealkylation sites (tertiary alicyclic amines) is 1. The molecule has 0 unspecified atom stereocenters. The van der Waals surface area contributed by atoms with Crippen LogP contribution in [0.4, 0.5) is 0 Å². The number of halogens is 1. The summed E-state index contributed by atoms with van der Waals surface area (Å²) in [4.78, 5) is 18.8. The molecule has 3 heterocycles. The summed E-state index contributed by atoms with van der Waals surface area (Å²) in [6, 6.07) is 2.40. The van der Waals surface area contributed by atoms with Crippen LogP contribution >= 0.6 is 12.4 Å². The highest BCUT2D eigenvalue weighted by molar-refractivity contribution is 5.97. The summed E-state index contributed by atoms with van der Waals surface area (Å²) in [6.45, 7) is 4.62. The van der Waals surface area contributed by atoms with Gasteiger partial charge in [0.2, 0.25) is 0 Å². The van der Waals surface area contributed by atoms with Gasteiger partial charge in [0.15, 0.2) is 0 Å². The molecule has 6 nitrogen and oxygen atoms in total. The van der Waals surface area contributed by atoms with Crippen molar-refractivity contribution in [2.24, 2.45) is 5.92 Å². The molecule has 0 radical (unpaired) electrons. The van der Waals surface area contributed by atoms with Crippen molar-refractivity contribution in [3.05, 3.63) is 23.5 Å². The highest BCUT2D eigenvalue weighted by Crippen LogP contribution is 2.28. The number of aryl methyl sites for hydroxylation is 1. The number of carbonyl (C=O) groups is 1. The Morgan fingerprint density at radius 2 is 2.08 bits per heavy atom. The van der Waals surface area contributed by atoms with Crippen LogP contribution in [0.3, 0.4) is 0 Å². The Balaban J connectivity index is 0.00000169. The number of hydrogen-bond acceptors (Lipinski definition) is 5. The van der Waals surface area contributed by atoms with E-state index in [2.05, 4.69) is 15.5 Å². The number of aromatic nitrogens is 2. The van der Waals surface area contributed by atoms with Gasteiger partial charge in [-0.1, -0.05) is 5.16 Å². The number of nitrogens with one attached hydrogen (secondary N) is 1. The van der Waals surface area contributed by atoms with Gasteiger partial charge >= 0.3 is 0 Å². The average molecular weight is 351 g/mol. The number of piperidine rings is 1. The average Bonchev–Trinajstić information content (AvgIpc) is 3.35. The number of rotatable bonds is 4. The summed E-state index contributed by atoms with van der Waals surface area (Å²) in [5, 5.41) is 8.34. The molecule has 1 saturated carbocycles. The quantitative estimate of drug-likeness (QED) is 0.917. The fraction of sp³-hybridized carbons (Fsp3) is 0.588. The number of nitrogens with zero attached hydrogens (tertiary/aromatic N) is 3. The Bertz CT molecular complexity index is 720. The second-order valence-electron chi connectivity index (χ2n) is 6.76. The Labute approximate surface area is 147 Å². The largest absolute Gasteiger partial charge is 0.338 e. The fourth-order valence-corrected chi connectivity index (χ4v) is 3.19. The summed E-state index contributed by atoms with van der Waals surface area (Å²) in [5.74, 6) is 0.958. The van der Waals surface area contributed by atoms with E-state index >= 15 is 0 Å². The van der Waals surface area contributed by atoms with Crippen LogP contribution in [0.5, 0.6) is 0 Å². The summed E-state index contributed by atoms with van der Waals surface area (Å²) < 4.78 is 5.10. The number of amides is 1. The van der Waals surface area contributed by atoms with Crippen molar-refractivity contribution in [2.45, 2.75) is 38.6 Å². The summed E-state index contributed by atoms with van der Waals surface area (Å²) in [6.07, 6.45) is 6.40. The third kappa shape index (κ3) is 3.54. The molecule has 1 N–H and O–H groups in total. The van der Waals surface area contributed by atoms with E-state index in [9.17, 15) is 4.79 Å². The first kappa shape index (κ1) is 17.2. The molecule has 0 bridgehead atoms. The minimum Gasteiger partial charge on any atom is -0.338 e. The lowest BCUT2D eigenvalue weighted by molar-refractivity contribution is 0.0704. The van der Waals surface area contributed by atoms with Gasteiger partial charge in [-0.05, 0) is 51.1 Å². The summed E-state index contributed by atoms with van der Waals surface area (Å²) >= 11 is 0. The van der Waals surface area contributed by atoms with Crippen LogP contribution in [0.2, 0.25) is 0 Å². The molecule has 4 rings (SSSR count). The first-order valence-electron chi connectivity index (χ1n) is 8.45. The Morgan fingerprint density at radius 3 is 2.79 bits per heavy atom. The Morgan fingerprint density at radius 1 is 1.33 bits per heavy atom. The first-order valence-corrected chi connectivity index (χ1v) is 8.45. The van der Waals surface area contributed by atoms with E-state index in [0.717, 1.165) is 49.5 Å². The topological polar surface area (TPSA) is 71.3 Å². The minimum absolute atomic E-state index is 0. The van der Waals surface area contributed by atoms with Gasteiger partial charge in [-0.15, -0.1) is 12.4 Å². The summed E-state index contributed by atoms with van der Waals surface area (Å²) in [5.41, 5.74) is 1.88. The second-order valence-corrected chi connectivity index (χ2v) is 6.76. The highest BCUT2D eigenvalue weighted by atomic mass is 35.5. The van der Waals surface area contributed by atoms with Crippen LogP contribution in [0, 0.1) is 12.8 Å². The molecule has 7 heteroatoms. The van der Waals surface area contributed by atoms with Crippen LogP contribution in [-0.2, 0) is 0 Å². The number of carbonyl (C=O) groups excluding carboxylic acids is 1. The van der Waals surface area contributed by atoms with Gasteiger partial charge < -0.3 is 14.7 Å². The molecule has 2 fully saturated rings. The molecule has 130 valence electrons. The molecule has 2 aliphatic rings. The van der Waals surface area contributed by atoms with Crippen molar-refractivity contribution in [1.29, 1.82) is 0 Å². The van der Waals surface area contributed by atoms with Crippen molar-refractivity contribution in [3.8, 4) is 0 Å². The zero-order valence-electron chi connectivity index (χ0n) is 13.8. The molecular formula is C17H23ClN4O2. The molecule has 2 aromatic rings. The smallest absolute Gasteiger partial charge is 0.257 e. The van der Waals surface area contributed by atoms with Crippen LogP contribution < -0.4 is 5.32 Å². The molecule has 1 aliphatic carbocycles. The van der Waals surface area contributed by atoms with Crippen molar-refractivity contribution in [3.63, 3.8) is 0 Å². The van der Waals surface area contributed by atoms with E-state index in [4.69, 9.17) is 4.52 Å². The number of hydrogen-bond donors (Lipinski definition) is 1. The Kier molecular flexibility index (Phi) is 5.06. The van der Waals surface area contributed by atoms with Crippen molar-refractivity contribution < 1.29 is 9.32 Å². The van der Waals surface area contributed by atoms with Gasteiger partial charge in [-0.2, -0.15) is 0 Å². The lowest BCUT2D eigenvalue weighted by Gasteiger charge is -2.32. The normalized spacial score (nSPS) is 18.6. The molecule has 24 heavy (non-hydrogen) atoms. The molecule has 0 atom stereocenters. The van der Waals surface area contributed by atoms with Gasteiger partial charge in [-0.3, -0.25) is 4.79 Å². The molecule has 0 spiro atoms. The van der Waals surface area contributed by atoms with Crippen LogP contribution in [0.25, 0.3) is 11.1 Å². The van der Waals surface area contributed by atoms with Gasteiger partial charge in [0.1, 0.15) is 0 Å². The third-order valence-electron chi connectivity index (χ3n) is 4.93. The van der Waals surface area contributed by atoms with Crippen LogP contribution in [0.15, 0.2) is 16.8 Å². The van der Waals surface area contributed by atoms with Gasteiger partial charge in [0.05, 0.1) is 16.6 Å². The number of fused-ring (bicyclic) bond motifs is 1. The zero-order valence-corrected chi connectivity index (χ0v) is 14.6. The monoisotopic (exact) mass is 350 g/mol. The molecule has 0 aromatic carbocycles. The Hall–Kier alpha value is -1.66. The molecule has 2 aromatic heterocycles. The van der Waals surface area contributed by atoms with Gasteiger partial charge in [-0.25, -0.2) is 4.98 Å². The van der Waals surface area contributed by atoms with E-state index in [1.54, 1.807) is 6.20 Å². The van der Waals surface area contributed by atoms with Gasteiger partial charge in [0.25, 0.3) is 11.6 Å². The molecule has 1 aliphatic heterocycles. The highest BCUT2D eigenvalue weighted by Gasteiger charge is 2.26. The van der Waals surface area contributed by atoms with Crippen LogP contribution in [-0.4, -0.2) is 46.6 Å². The van der Waals surface area contributed by atoms with E-state index < -0.39 is 0 Å². The minimum atomic E-state index is 0. The van der Waals surface area contributed by atoms with E-state index in [0.29, 0.717) is 17.3 Å². The standard InChI is InChI=1S/C17H22N4O2.ClH/c1-11-15-8-13(10-19-16(15)23-20-11)17(22)21-6-4-14(5-7-21)18-9-12-2-3-12;/h8,10,12,14,18H,2-7,9H2,1H3;1H.